The van der Waals surface area contributed by atoms with Crippen molar-refractivity contribution in [2.45, 2.75) is 30.2 Å². The molecule has 0 aliphatic carbocycles. The van der Waals surface area contributed by atoms with E-state index in [1.165, 1.54) is 12.1 Å². The largest absolute Gasteiger partial charge is 0.330 e. The topological polar surface area (TPSA) is 118 Å². The Labute approximate surface area is 123 Å². The minimum Gasteiger partial charge on any atom is -0.330 e. The van der Waals surface area contributed by atoms with Crippen LogP contribution in [0.15, 0.2) is 29.2 Å². The monoisotopic (exact) mass is 311 g/mol. The molecule has 1 fully saturated rings. The highest BCUT2D eigenvalue weighted by molar-refractivity contribution is 7.89. The molecule has 1 saturated heterocycles. The number of sulfonamides is 1. The standard InChI is InChI=1S/C13H17N3O4S/c14-8-7-9-1-3-10(4-2-9)21(19,20)16-11-5-6-12(17)15-13(11)18/h1-4,11,16H,5-8,14H2,(H,15,17,18). The Bertz CT molecular complexity index is 640. The first-order valence-electron chi connectivity index (χ1n) is 6.57. The van der Waals surface area contributed by atoms with Gasteiger partial charge in [-0.25, -0.2) is 8.42 Å². The molecule has 1 aromatic rings. The van der Waals surface area contributed by atoms with Crippen molar-refractivity contribution in [2.75, 3.05) is 6.54 Å². The smallest absolute Gasteiger partial charge is 0.244 e. The Morgan fingerprint density at radius 3 is 2.48 bits per heavy atom. The van der Waals surface area contributed by atoms with Crippen molar-refractivity contribution in [3.63, 3.8) is 0 Å². The van der Waals surface area contributed by atoms with Gasteiger partial charge in [-0.05, 0) is 37.1 Å². The van der Waals surface area contributed by atoms with Gasteiger partial charge in [-0.3, -0.25) is 14.9 Å². The molecule has 0 radical (unpaired) electrons. The van der Waals surface area contributed by atoms with Crippen LogP contribution in [0, 0.1) is 0 Å². The average molecular weight is 311 g/mol. The van der Waals surface area contributed by atoms with Crippen LogP contribution in [0.3, 0.4) is 0 Å². The highest BCUT2D eigenvalue weighted by atomic mass is 32.2. The van der Waals surface area contributed by atoms with Crippen LogP contribution < -0.4 is 15.8 Å². The molecule has 0 bridgehead atoms. The molecule has 1 aliphatic heterocycles. The summed E-state index contributed by atoms with van der Waals surface area (Å²) in [6, 6.07) is 5.40. The molecule has 1 atom stereocenters. The van der Waals surface area contributed by atoms with Crippen molar-refractivity contribution in [3.05, 3.63) is 29.8 Å². The van der Waals surface area contributed by atoms with E-state index in [-0.39, 0.29) is 23.6 Å². The van der Waals surface area contributed by atoms with Gasteiger partial charge in [-0.2, -0.15) is 4.72 Å². The van der Waals surface area contributed by atoms with E-state index in [4.69, 9.17) is 5.73 Å². The molecule has 7 nitrogen and oxygen atoms in total. The highest BCUT2D eigenvalue weighted by Gasteiger charge is 2.30. The predicted octanol–water partition coefficient (Wildman–Crippen LogP) is -0.729. The van der Waals surface area contributed by atoms with Crippen LogP contribution in [0.4, 0.5) is 0 Å². The fraction of sp³-hybridized carbons (Fsp3) is 0.385. The number of nitrogens with one attached hydrogen (secondary N) is 2. The molecule has 2 amide bonds. The fourth-order valence-corrected chi connectivity index (χ4v) is 3.29. The van der Waals surface area contributed by atoms with Crippen LogP contribution in [0.2, 0.25) is 0 Å². The Kier molecular flexibility index (Phi) is 4.71. The summed E-state index contributed by atoms with van der Waals surface area (Å²) >= 11 is 0. The van der Waals surface area contributed by atoms with E-state index in [1.807, 2.05) is 0 Å². The van der Waals surface area contributed by atoms with Gasteiger partial charge in [0.05, 0.1) is 4.90 Å². The van der Waals surface area contributed by atoms with Crippen LogP contribution in [0.5, 0.6) is 0 Å². The highest BCUT2D eigenvalue weighted by Crippen LogP contribution is 2.13. The van der Waals surface area contributed by atoms with E-state index in [0.29, 0.717) is 13.0 Å². The Balaban J connectivity index is 2.11. The van der Waals surface area contributed by atoms with Crippen molar-refractivity contribution in [1.82, 2.24) is 10.0 Å². The van der Waals surface area contributed by atoms with Gasteiger partial charge in [-0.15, -0.1) is 0 Å². The van der Waals surface area contributed by atoms with Gasteiger partial charge in [0.15, 0.2) is 0 Å². The van der Waals surface area contributed by atoms with Crippen molar-refractivity contribution >= 4 is 21.8 Å². The molecule has 0 saturated carbocycles. The van der Waals surface area contributed by atoms with Gasteiger partial charge >= 0.3 is 0 Å². The summed E-state index contributed by atoms with van der Waals surface area (Å²) in [6.07, 6.45) is 0.949. The third-order valence-corrected chi connectivity index (χ3v) is 4.69. The number of imide groups is 1. The number of carbonyl (C=O) groups excluding carboxylic acids is 2. The number of benzene rings is 1. The van der Waals surface area contributed by atoms with E-state index in [2.05, 4.69) is 10.0 Å². The molecule has 1 aliphatic rings. The van der Waals surface area contributed by atoms with Crippen LogP contribution in [0.25, 0.3) is 0 Å². The number of amides is 2. The van der Waals surface area contributed by atoms with Gasteiger partial charge < -0.3 is 5.73 Å². The lowest BCUT2D eigenvalue weighted by Crippen LogP contribution is -2.52. The number of rotatable bonds is 5. The van der Waals surface area contributed by atoms with Crippen molar-refractivity contribution < 1.29 is 18.0 Å². The summed E-state index contributed by atoms with van der Waals surface area (Å²) in [6.45, 7) is 0.487. The summed E-state index contributed by atoms with van der Waals surface area (Å²) < 4.78 is 26.7. The van der Waals surface area contributed by atoms with Crippen molar-refractivity contribution in [1.29, 1.82) is 0 Å². The Morgan fingerprint density at radius 1 is 1.24 bits per heavy atom. The second-order valence-electron chi connectivity index (χ2n) is 4.81. The summed E-state index contributed by atoms with van der Waals surface area (Å²) in [5.74, 6) is -1.00. The molecule has 0 spiro atoms. The maximum absolute atomic E-state index is 12.2. The first kappa shape index (κ1) is 15.6. The van der Waals surface area contributed by atoms with Gasteiger partial charge in [0.1, 0.15) is 6.04 Å². The minimum atomic E-state index is -3.80. The lowest BCUT2D eigenvalue weighted by Gasteiger charge is -2.21. The maximum Gasteiger partial charge on any atom is 0.244 e. The average Bonchev–Trinajstić information content (AvgIpc) is 2.43. The number of hydrogen-bond acceptors (Lipinski definition) is 5. The zero-order valence-electron chi connectivity index (χ0n) is 11.3. The number of nitrogens with two attached hydrogens (primary N) is 1. The molecule has 0 aromatic heterocycles. The second kappa shape index (κ2) is 6.33. The van der Waals surface area contributed by atoms with Gasteiger partial charge in [0, 0.05) is 6.42 Å². The van der Waals surface area contributed by atoms with E-state index >= 15 is 0 Å². The molecule has 4 N–H and O–H groups in total. The van der Waals surface area contributed by atoms with Gasteiger partial charge in [0.2, 0.25) is 21.8 Å². The molecule has 1 heterocycles. The van der Waals surface area contributed by atoms with Crippen molar-refractivity contribution in [3.8, 4) is 0 Å². The van der Waals surface area contributed by atoms with E-state index < -0.39 is 22.0 Å². The number of hydrogen-bond donors (Lipinski definition) is 3. The minimum absolute atomic E-state index is 0.0768. The summed E-state index contributed by atoms with van der Waals surface area (Å²) in [5, 5.41) is 2.11. The molecule has 1 aromatic carbocycles. The van der Waals surface area contributed by atoms with E-state index in [9.17, 15) is 18.0 Å². The zero-order chi connectivity index (χ0) is 15.5. The lowest BCUT2D eigenvalue weighted by atomic mass is 10.1. The van der Waals surface area contributed by atoms with Crippen molar-refractivity contribution in [2.24, 2.45) is 5.73 Å². The summed E-state index contributed by atoms with van der Waals surface area (Å²) in [5.41, 5.74) is 6.37. The first-order chi connectivity index (χ1) is 9.92. The Morgan fingerprint density at radius 2 is 1.90 bits per heavy atom. The van der Waals surface area contributed by atoms with E-state index in [1.54, 1.807) is 12.1 Å². The number of carbonyl (C=O) groups is 2. The molecule has 8 heteroatoms. The summed E-state index contributed by atoms with van der Waals surface area (Å²) in [4.78, 5) is 22.7. The normalized spacial score (nSPS) is 19.4. The third kappa shape index (κ3) is 3.87. The lowest BCUT2D eigenvalue weighted by molar-refractivity contribution is -0.134. The fourth-order valence-electron chi connectivity index (χ4n) is 2.06. The Hall–Kier alpha value is -1.77. The van der Waals surface area contributed by atoms with Crippen LogP contribution in [-0.4, -0.2) is 32.8 Å². The third-order valence-electron chi connectivity index (χ3n) is 3.20. The van der Waals surface area contributed by atoms with E-state index in [0.717, 1.165) is 5.56 Å². The van der Waals surface area contributed by atoms with Crippen LogP contribution >= 0.6 is 0 Å². The quantitative estimate of drug-likeness (QED) is 0.620. The van der Waals surface area contributed by atoms with Crippen LogP contribution in [0.1, 0.15) is 18.4 Å². The van der Waals surface area contributed by atoms with Crippen LogP contribution in [-0.2, 0) is 26.0 Å². The molecule has 2 rings (SSSR count). The number of piperidine rings is 1. The zero-order valence-corrected chi connectivity index (χ0v) is 12.2. The SMILES string of the molecule is NCCc1ccc(S(=O)(=O)NC2CCC(=O)NC2=O)cc1. The maximum atomic E-state index is 12.2. The molecular formula is C13H17N3O4S. The molecule has 114 valence electrons. The van der Waals surface area contributed by atoms with Gasteiger partial charge in [0.25, 0.3) is 0 Å². The molecule has 21 heavy (non-hydrogen) atoms. The first-order valence-corrected chi connectivity index (χ1v) is 8.06. The molecular weight excluding hydrogens is 294 g/mol. The summed E-state index contributed by atoms with van der Waals surface area (Å²) in [7, 11) is -3.80. The predicted molar refractivity (Wildman–Crippen MR) is 75.7 cm³/mol. The molecule has 1 unspecified atom stereocenters. The second-order valence-corrected chi connectivity index (χ2v) is 6.52. The van der Waals surface area contributed by atoms with Gasteiger partial charge in [-0.1, -0.05) is 12.1 Å².